The lowest BCUT2D eigenvalue weighted by Crippen LogP contribution is -1.93. The molecule has 0 unspecified atom stereocenters. The topological polar surface area (TPSA) is 0 Å². The third-order valence-electron chi connectivity index (χ3n) is 11.2. The van der Waals surface area contributed by atoms with Crippen LogP contribution in [-0.4, -0.2) is 0 Å². The highest BCUT2D eigenvalue weighted by molar-refractivity contribution is 6.44. The van der Waals surface area contributed by atoms with Crippen molar-refractivity contribution >= 4 is 108 Å². The average molecular weight is 607 g/mol. The Balaban J connectivity index is 1.54. The summed E-state index contributed by atoms with van der Waals surface area (Å²) in [7, 11) is 0. The van der Waals surface area contributed by atoms with Crippen molar-refractivity contribution in [3.63, 3.8) is 0 Å². The van der Waals surface area contributed by atoms with Crippen molar-refractivity contribution in [1.82, 2.24) is 0 Å². The normalized spacial score (nSPS) is 12.4. The lowest BCUT2D eigenvalue weighted by molar-refractivity contribution is 1.55. The van der Waals surface area contributed by atoms with Crippen molar-refractivity contribution in [2.75, 3.05) is 0 Å². The van der Waals surface area contributed by atoms with E-state index in [1.54, 1.807) is 0 Å². The van der Waals surface area contributed by atoms with Crippen LogP contribution >= 0.6 is 0 Å². The molecule has 0 aliphatic heterocycles. The van der Waals surface area contributed by atoms with Crippen LogP contribution in [0, 0.1) is 13.8 Å². The smallest absolute Gasteiger partial charge is 0.00137 e. The predicted molar refractivity (Wildman–Crippen MR) is 211 cm³/mol. The van der Waals surface area contributed by atoms with E-state index in [9.17, 15) is 0 Å². The van der Waals surface area contributed by atoms with E-state index in [2.05, 4.69) is 159 Å². The number of fused-ring (bicyclic) bond motifs is 22. The maximum atomic E-state index is 2.55. The van der Waals surface area contributed by atoms with Gasteiger partial charge in [-0.15, -0.1) is 0 Å². The summed E-state index contributed by atoms with van der Waals surface area (Å²) in [6.07, 6.45) is 0. The minimum absolute atomic E-state index is 1.31. The van der Waals surface area contributed by atoms with E-state index in [-0.39, 0.29) is 0 Å². The number of hydrogen-bond acceptors (Lipinski definition) is 0. The Hall–Kier alpha value is -5.98. The number of rotatable bonds is 0. The molecular weight excluding hydrogens is 577 g/mol. The molecule has 0 heteroatoms. The first-order valence-electron chi connectivity index (χ1n) is 17.0. The van der Waals surface area contributed by atoms with Crippen molar-refractivity contribution in [1.29, 1.82) is 0 Å². The van der Waals surface area contributed by atoms with E-state index >= 15 is 0 Å². The zero-order chi connectivity index (χ0) is 31.7. The highest BCUT2D eigenvalue weighted by Gasteiger charge is 2.21. The molecule has 0 spiro atoms. The molecule has 0 saturated heterocycles. The van der Waals surface area contributed by atoms with E-state index in [1.165, 1.54) is 119 Å². The van der Waals surface area contributed by atoms with Crippen molar-refractivity contribution in [3.05, 3.63) is 157 Å². The summed E-state index contributed by atoms with van der Waals surface area (Å²) in [6.45, 7) is 4.57. The van der Waals surface area contributed by atoms with E-state index in [0.717, 1.165) is 0 Å². The van der Waals surface area contributed by atoms with Crippen molar-refractivity contribution < 1.29 is 0 Å². The average Bonchev–Trinajstić information content (AvgIpc) is 3.14. The van der Waals surface area contributed by atoms with Gasteiger partial charge in [0, 0.05) is 0 Å². The fourth-order valence-electron chi connectivity index (χ4n) is 9.30. The summed E-state index contributed by atoms with van der Waals surface area (Å²) in [5, 5.41) is 26.6. The van der Waals surface area contributed by atoms with Crippen LogP contribution in [0.4, 0.5) is 0 Å². The van der Waals surface area contributed by atoms with Crippen LogP contribution in [0.15, 0.2) is 146 Å². The molecule has 11 rings (SSSR count). The third-order valence-corrected chi connectivity index (χ3v) is 11.2. The number of hydrogen-bond donors (Lipinski definition) is 0. The summed E-state index contributed by atoms with van der Waals surface area (Å²) in [5.74, 6) is 0. The van der Waals surface area contributed by atoms with Crippen LogP contribution in [0.2, 0.25) is 0 Å². The van der Waals surface area contributed by atoms with Gasteiger partial charge in [0.2, 0.25) is 0 Å². The Morgan fingerprint density at radius 2 is 0.458 bits per heavy atom. The van der Waals surface area contributed by atoms with Gasteiger partial charge in [-0.1, -0.05) is 133 Å². The molecular formula is C48H30. The van der Waals surface area contributed by atoms with Crippen LogP contribution in [0.3, 0.4) is 0 Å². The molecule has 48 heavy (non-hydrogen) atoms. The fourth-order valence-corrected chi connectivity index (χ4v) is 9.30. The highest BCUT2D eigenvalue weighted by Crippen LogP contribution is 2.49. The first-order chi connectivity index (χ1) is 23.7. The van der Waals surface area contributed by atoms with Gasteiger partial charge in [-0.05, 0) is 145 Å². The van der Waals surface area contributed by atoms with Crippen molar-refractivity contribution in [2.45, 2.75) is 13.8 Å². The predicted octanol–water partition coefficient (Wildman–Crippen LogP) is 13.8. The third kappa shape index (κ3) is 3.20. The largest absolute Gasteiger partial charge is 0.0616 e. The highest BCUT2D eigenvalue weighted by atomic mass is 14.2. The lowest BCUT2D eigenvalue weighted by atomic mass is 9.82. The van der Waals surface area contributed by atoms with Crippen LogP contribution in [-0.2, 0) is 0 Å². The van der Waals surface area contributed by atoms with Gasteiger partial charge < -0.3 is 0 Å². The second kappa shape index (κ2) is 9.31. The first kappa shape index (κ1) is 26.1. The van der Waals surface area contributed by atoms with Crippen LogP contribution < -0.4 is 0 Å². The Bertz CT molecular complexity index is 3010. The molecule has 0 radical (unpaired) electrons. The molecule has 11 aromatic carbocycles. The van der Waals surface area contributed by atoms with Gasteiger partial charge >= 0.3 is 0 Å². The summed E-state index contributed by atoms with van der Waals surface area (Å²) in [6, 6.07) is 54.9. The molecule has 0 aliphatic carbocycles. The summed E-state index contributed by atoms with van der Waals surface area (Å²) in [5.41, 5.74) is 2.63. The maximum absolute atomic E-state index is 2.55. The Morgan fingerprint density at radius 1 is 0.208 bits per heavy atom. The van der Waals surface area contributed by atoms with Gasteiger partial charge in [-0.2, -0.15) is 0 Å². The molecule has 0 heterocycles. The molecule has 0 saturated carbocycles. The molecule has 0 bridgehead atoms. The summed E-state index contributed by atoms with van der Waals surface area (Å²) >= 11 is 0. The van der Waals surface area contributed by atoms with Crippen molar-refractivity contribution in [2.24, 2.45) is 0 Å². The Morgan fingerprint density at radius 3 is 0.792 bits per heavy atom. The van der Waals surface area contributed by atoms with Crippen LogP contribution in [0.5, 0.6) is 0 Å². The van der Waals surface area contributed by atoms with Gasteiger partial charge in [0.25, 0.3) is 0 Å². The van der Waals surface area contributed by atoms with E-state index in [0.29, 0.717) is 0 Å². The molecule has 0 amide bonds. The van der Waals surface area contributed by atoms with E-state index in [4.69, 9.17) is 0 Å². The minimum atomic E-state index is 1.31. The van der Waals surface area contributed by atoms with Gasteiger partial charge in [-0.25, -0.2) is 0 Å². The Kier molecular flexibility index (Phi) is 5.07. The van der Waals surface area contributed by atoms with Gasteiger partial charge in [0.1, 0.15) is 0 Å². The molecule has 0 aliphatic rings. The SMILES string of the molecule is Cc1cccc2c1c1cc3c(cc1c1c4ccccc4c4ccccc4c21)c1c(C)cccc1c1c2ccccc2c2ccccc2c31. The molecule has 0 atom stereocenters. The molecule has 0 nitrogen and oxygen atoms in total. The standard InChI is InChI=1S/C48H30/c1-27-13-11-23-37-43(27)39-25-42-40(26-41(39)47-35-21-9-5-17-31(35)29-15-3-7-19-33(29)45(37)47)44-28(2)14-12-24-38(44)46-34-20-8-4-16-30(34)32-18-6-10-22-36(32)48(42)46/h3-26H,1-2H3. The van der Waals surface area contributed by atoms with E-state index < -0.39 is 0 Å². The summed E-state index contributed by atoms with van der Waals surface area (Å²) in [4.78, 5) is 0. The van der Waals surface area contributed by atoms with Crippen LogP contribution in [0.1, 0.15) is 11.1 Å². The second-order valence-corrected chi connectivity index (χ2v) is 13.6. The first-order valence-corrected chi connectivity index (χ1v) is 17.0. The lowest BCUT2D eigenvalue weighted by Gasteiger charge is -2.21. The van der Waals surface area contributed by atoms with Crippen LogP contribution in [0.25, 0.3) is 108 Å². The zero-order valence-electron chi connectivity index (χ0n) is 26.9. The fraction of sp³-hybridized carbons (Fsp3) is 0.0417. The quantitative estimate of drug-likeness (QED) is 0.119. The summed E-state index contributed by atoms with van der Waals surface area (Å²) < 4.78 is 0. The van der Waals surface area contributed by atoms with Gasteiger partial charge in [-0.3, -0.25) is 0 Å². The van der Waals surface area contributed by atoms with Crippen molar-refractivity contribution in [3.8, 4) is 0 Å². The number of benzene rings is 11. The molecule has 0 aromatic heterocycles. The molecule has 0 fully saturated rings. The maximum Gasteiger partial charge on any atom is -0.00137 e. The monoisotopic (exact) mass is 606 g/mol. The zero-order valence-corrected chi connectivity index (χ0v) is 26.9. The van der Waals surface area contributed by atoms with Gasteiger partial charge in [0.15, 0.2) is 0 Å². The number of aryl methyl sites for hydroxylation is 2. The molecule has 222 valence electrons. The second-order valence-electron chi connectivity index (χ2n) is 13.6. The van der Waals surface area contributed by atoms with Gasteiger partial charge in [0.05, 0.1) is 0 Å². The van der Waals surface area contributed by atoms with E-state index in [1.807, 2.05) is 0 Å². The minimum Gasteiger partial charge on any atom is -0.0616 e. The molecule has 11 aromatic rings. The Labute approximate surface area is 277 Å². The molecule has 0 N–H and O–H groups in total.